The zero-order valence-corrected chi connectivity index (χ0v) is 18.5. The Hall–Kier alpha value is -2.76. The molecule has 3 aliphatic rings. The van der Waals surface area contributed by atoms with Gasteiger partial charge in [-0.1, -0.05) is 12.5 Å². The molecule has 0 saturated heterocycles. The van der Waals surface area contributed by atoms with Crippen molar-refractivity contribution < 1.29 is 23.8 Å². The maximum Gasteiger partial charge on any atom is 0.336 e. The molecule has 0 bridgehead atoms. The van der Waals surface area contributed by atoms with Crippen LogP contribution in [-0.4, -0.2) is 32.1 Å². The lowest BCUT2D eigenvalue weighted by atomic mass is 9.70. The normalized spacial score (nSPS) is 24.1. The van der Waals surface area contributed by atoms with Crippen LogP contribution in [0.3, 0.4) is 0 Å². The van der Waals surface area contributed by atoms with Crippen molar-refractivity contribution in [1.29, 1.82) is 0 Å². The van der Waals surface area contributed by atoms with E-state index in [-0.39, 0.29) is 17.9 Å². The number of ketones is 1. The average molecular weight is 426 g/mol. The summed E-state index contributed by atoms with van der Waals surface area (Å²) in [4.78, 5) is 26.6. The van der Waals surface area contributed by atoms with Gasteiger partial charge in [-0.25, -0.2) is 4.79 Å². The van der Waals surface area contributed by atoms with Crippen LogP contribution in [0.2, 0.25) is 0 Å². The second-order valence-electron chi connectivity index (χ2n) is 8.56. The lowest BCUT2D eigenvalue weighted by Crippen LogP contribution is -2.41. The first kappa shape index (κ1) is 21.5. The molecule has 0 amide bonds. The van der Waals surface area contributed by atoms with Gasteiger partial charge in [0.15, 0.2) is 0 Å². The van der Waals surface area contributed by atoms with Crippen LogP contribution in [0.25, 0.3) is 0 Å². The minimum absolute atomic E-state index is 0.0617. The molecule has 2 aliphatic carbocycles. The summed E-state index contributed by atoms with van der Waals surface area (Å²) in [5.41, 5.74) is 2.87. The Labute approximate surface area is 183 Å². The van der Waals surface area contributed by atoms with E-state index in [0.29, 0.717) is 29.9 Å². The molecule has 1 fully saturated rings. The second kappa shape index (κ2) is 9.16. The largest absolute Gasteiger partial charge is 0.497 e. The summed E-state index contributed by atoms with van der Waals surface area (Å²) in [5, 5.41) is 3.33. The summed E-state index contributed by atoms with van der Waals surface area (Å²) < 4.78 is 17.1. The topological polar surface area (TPSA) is 73.9 Å². The fourth-order valence-electron chi connectivity index (χ4n) is 5.10. The Morgan fingerprint density at radius 3 is 2.55 bits per heavy atom. The van der Waals surface area contributed by atoms with Crippen LogP contribution in [0, 0.1) is 5.92 Å². The Balaban J connectivity index is 1.81. The highest BCUT2D eigenvalue weighted by atomic mass is 16.5. The van der Waals surface area contributed by atoms with Gasteiger partial charge in [0.05, 0.1) is 25.7 Å². The van der Waals surface area contributed by atoms with Crippen LogP contribution in [0.4, 0.5) is 0 Å². The monoisotopic (exact) mass is 425 g/mol. The fraction of sp³-hybridized carbons (Fsp3) is 0.520. The molecule has 1 aromatic rings. The third-order valence-electron chi connectivity index (χ3n) is 6.63. The van der Waals surface area contributed by atoms with E-state index in [1.807, 2.05) is 25.1 Å². The van der Waals surface area contributed by atoms with E-state index in [4.69, 9.17) is 14.2 Å². The van der Waals surface area contributed by atoms with Crippen LogP contribution >= 0.6 is 0 Å². The second-order valence-corrected chi connectivity index (χ2v) is 8.56. The summed E-state index contributed by atoms with van der Waals surface area (Å²) in [7, 11) is 3.20. The molecule has 0 aromatic heterocycles. The first-order valence-corrected chi connectivity index (χ1v) is 11.2. The van der Waals surface area contributed by atoms with Crippen LogP contribution in [0.15, 0.2) is 41.2 Å². The molecule has 6 nitrogen and oxygen atoms in total. The molecular formula is C25H31NO5. The van der Waals surface area contributed by atoms with Gasteiger partial charge >= 0.3 is 5.97 Å². The number of benzene rings is 1. The number of fused-ring (bicyclic) bond motifs is 1. The first-order chi connectivity index (χ1) is 15.0. The summed E-state index contributed by atoms with van der Waals surface area (Å²) in [6.07, 6.45) is 8.30. The molecule has 1 aliphatic heterocycles. The Morgan fingerprint density at radius 1 is 1.06 bits per heavy atom. The highest BCUT2D eigenvalue weighted by molar-refractivity contribution is 5.96. The van der Waals surface area contributed by atoms with Crippen molar-refractivity contribution in [2.45, 2.75) is 63.9 Å². The molecule has 4 rings (SSSR count). The van der Waals surface area contributed by atoms with Crippen molar-refractivity contribution in [2.75, 3.05) is 14.2 Å². The molecule has 1 N–H and O–H groups in total. The molecule has 6 heteroatoms. The number of carbonyl (C=O) groups is 2. The third kappa shape index (κ3) is 4.21. The predicted molar refractivity (Wildman–Crippen MR) is 117 cm³/mol. The van der Waals surface area contributed by atoms with Gasteiger partial charge in [-0.15, -0.1) is 0 Å². The smallest absolute Gasteiger partial charge is 0.336 e. The Morgan fingerprint density at radius 2 is 1.84 bits per heavy atom. The van der Waals surface area contributed by atoms with E-state index >= 15 is 0 Å². The summed E-state index contributed by atoms with van der Waals surface area (Å²) >= 11 is 0. The molecule has 1 aromatic carbocycles. The van der Waals surface area contributed by atoms with E-state index in [9.17, 15) is 9.59 Å². The number of methoxy groups -OCH3 is 2. The molecule has 2 atom stereocenters. The van der Waals surface area contributed by atoms with Crippen LogP contribution < -0.4 is 14.8 Å². The van der Waals surface area contributed by atoms with E-state index in [0.717, 1.165) is 42.6 Å². The zero-order chi connectivity index (χ0) is 22.0. The van der Waals surface area contributed by atoms with Crippen LogP contribution in [-0.2, 0) is 14.3 Å². The van der Waals surface area contributed by atoms with Crippen molar-refractivity contribution in [3.63, 3.8) is 0 Å². The maximum atomic E-state index is 13.5. The van der Waals surface area contributed by atoms with Gasteiger partial charge in [0.25, 0.3) is 0 Å². The maximum absolute atomic E-state index is 13.5. The number of carbonyl (C=O) groups excluding carboxylic acids is 2. The molecule has 1 saturated carbocycles. The number of nitrogens with one attached hydrogen (secondary N) is 1. The molecular weight excluding hydrogens is 394 g/mol. The third-order valence-corrected chi connectivity index (χ3v) is 6.63. The van der Waals surface area contributed by atoms with Crippen molar-refractivity contribution in [1.82, 2.24) is 5.32 Å². The van der Waals surface area contributed by atoms with Gasteiger partial charge in [0.1, 0.15) is 23.4 Å². The van der Waals surface area contributed by atoms with Crippen molar-refractivity contribution in [3.05, 3.63) is 46.8 Å². The number of allylic oxidation sites excluding steroid dienone is 3. The minimum Gasteiger partial charge on any atom is -0.497 e. The predicted octanol–water partition coefficient (Wildman–Crippen LogP) is 4.40. The van der Waals surface area contributed by atoms with E-state index in [2.05, 4.69) is 11.4 Å². The minimum atomic E-state index is -0.485. The van der Waals surface area contributed by atoms with Crippen LogP contribution in [0.1, 0.15) is 63.4 Å². The molecule has 1 heterocycles. The molecule has 166 valence electrons. The lowest BCUT2D eigenvalue weighted by Gasteiger charge is -2.38. The quantitative estimate of drug-likeness (QED) is 0.705. The van der Waals surface area contributed by atoms with Crippen molar-refractivity contribution in [2.24, 2.45) is 5.92 Å². The SMILES string of the molecule is COc1ccc(OC)c(C2C(C(=O)OC3CCCCC3)=C(C)NC3=CCCC(=O)C32)c1. The highest BCUT2D eigenvalue weighted by Gasteiger charge is 2.45. The fourth-order valence-corrected chi connectivity index (χ4v) is 5.10. The van der Waals surface area contributed by atoms with E-state index < -0.39 is 11.8 Å². The molecule has 2 unspecified atom stereocenters. The Bertz CT molecular complexity index is 926. The van der Waals surface area contributed by atoms with Gasteiger partial charge in [-0.2, -0.15) is 0 Å². The number of Topliss-reactive ketones (excluding diaryl/α,β-unsaturated/α-hetero) is 1. The number of rotatable bonds is 5. The van der Waals surface area contributed by atoms with Gasteiger partial charge < -0.3 is 19.5 Å². The molecule has 31 heavy (non-hydrogen) atoms. The average Bonchev–Trinajstić information content (AvgIpc) is 2.78. The van der Waals surface area contributed by atoms with Gasteiger partial charge in [-0.3, -0.25) is 4.79 Å². The number of ether oxygens (including phenoxy) is 3. The number of hydrogen-bond donors (Lipinski definition) is 1. The van der Waals surface area contributed by atoms with Crippen molar-refractivity contribution >= 4 is 11.8 Å². The van der Waals surface area contributed by atoms with E-state index in [1.165, 1.54) is 6.42 Å². The molecule has 0 radical (unpaired) electrons. The number of hydrogen-bond acceptors (Lipinski definition) is 6. The van der Waals surface area contributed by atoms with Crippen molar-refractivity contribution in [3.8, 4) is 11.5 Å². The van der Waals surface area contributed by atoms with Gasteiger partial charge in [0.2, 0.25) is 0 Å². The Kier molecular flexibility index (Phi) is 6.35. The molecule has 0 spiro atoms. The number of esters is 1. The van der Waals surface area contributed by atoms with Gasteiger partial charge in [-0.05, 0) is 57.2 Å². The first-order valence-electron chi connectivity index (χ1n) is 11.2. The zero-order valence-electron chi connectivity index (χ0n) is 18.5. The van der Waals surface area contributed by atoms with E-state index in [1.54, 1.807) is 14.2 Å². The lowest BCUT2D eigenvalue weighted by molar-refractivity contribution is -0.146. The van der Waals surface area contributed by atoms with Crippen LogP contribution in [0.5, 0.6) is 11.5 Å². The standard InChI is InChI=1S/C25H31NO5/c1-15-22(25(28)31-16-8-5-4-6-9-16)23(24-19(26-15)10-7-11-20(24)27)18-14-17(29-2)12-13-21(18)30-3/h10,12-14,16,23-24,26H,4-9,11H2,1-3H3. The summed E-state index contributed by atoms with van der Waals surface area (Å²) in [6.45, 7) is 1.88. The summed E-state index contributed by atoms with van der Waals surface area (Å²) in [5.74, 6) is 0.107. The summed E-state index contributed by atoms with van der Waals surface area (Å²) in [6, 6.07) is 5.52. The highest BCUT2D eigenvalue weighted by Crippen LogP contribution is 2.47. The van der Waals surface area contributed by atoms with Gasteiger partial charge in [0, 0.05) is 29.3 Å².